The van der Waals surface area contributed by atoms with Crippen molar-refractivity contribution >= 4 is 0 Å². The third-order valence-electron chi connectivity index (χ3n) is 11.8. The zero-order chi connectivity index (χ0) is 25.0. The Morgan fingerprint density at radius 1 is 1.00 bits per heavy atom. The van der Waals surface area contributed by atoms with Gasteiger partial charge < -0.3 is 10.2 Å². The van der Waals surface area contributed by atoms with Crippen LogP contribution in [-0.2, 0) is 0 Å². The van der Waals surface area contributed by atoms with Crippen molar-refractivity contribution < 1.29 is 14.6 Å². The van der Waals surface area contributed by atoms with Crippen molar-refractivity contribution in [2.24, 2.45) is 40.4 Å². The second kappa shape index (κ2) is 9.28. The molecule has 0 amide bonds. The molecule has 0 aromatic heterocycles. The lowest BCUT2D eigenvalue weighted by Crippen LogP contribution is -2.52. The van der Waals surface area contributed by atoms with Crippen LogP contribution in [0, 0.1) is 46.2 Å². The first-order valence-corrected chi connectivity index (χ1v) is 14.4. The van der Waals surface area contributed by atoms with E-state index in [1.807, 2.05) is 0 Å². The first kappa shape index (κ1) is 25.5. The average molecular weight is 483 g/mol. The van der Waals surface area contributed by atoms with Crippen molar-refractivity contribution in [2.45, 2.75) is 110 Å². The Bertz CT molecular complexity index is 939. The van der Waals surface area contributed by atoms with Crippen molar-refractivity contribution in [3.05, 3.63) is 47.3 Å². The smallest absolute Gasteiger partial charge is 0.123 e. The van der Waals surface area contributed by atoms with Crippen LogP contribution >= 0.6 is 0 Å². The molecule has 1 aromatic carbocycles. The molecule has 0 unspecified atom stereocenters. The third kappa shape index (κ3) is 4.33. The Labute approximate surface area is 212 Å². The summed E-state index contributed by atoms with van der Waals surface area (Å²) in [4.78, 5) is 0. The summed E-state index contributed by atoms with van der Waals surface area (Å²) < 4.78 is 13.3. The van der Waals surface area contributed by atoms with Crippen LogP contribution in [0.2, 0.25) is 0 Å². The van der Waals surface area contributed by atoms with Gasteiger partial charge in [0.15, 0.2) is 0 Å². The lowest BCUT2D eigenvalue weighted by molar-refractivity contribution is -0.0757. The lowest BCUT2D eigenvalue weighted by atomic mass is 9.46. The maximum Gasteiger partial charge on any atom is 0.123 e. The quantitative estimate of drug-likeness (QED) is 0.403. The Balaban J connectivity index is 1.27. The van der Waals surface area contributed by atoms with E-state index in [0.717, 1.165) is 67.8 Å². The van der Waals surface area contributed by atoms with Crippen LogP contribution in [0.4, 0.5) is 4.39 Å². The van der Waals surface area contributed by atoms with Gasteiger partial charge in [0.25, 0.3) is 0 Å². The van der Waals surface area contributed by atoms with E-state index >= 15 is 0 Å². The van der Waals surface area contributed by atoms with Crippen LogP contribution in [0.25, 0.3) is 0 Å². The number of aliphatic hydroxyl groups excluding tert-OH is 1. The molecule has 35 heavy (non-hydrogen) atoms. The van der Waals surface area contributed by atoms with E-state index in [-0.39, 0.29) is 11.2 Å². The van der Waals surface area contributed by atoms with E-state index in [1.165, 1.54) is 44.2 Å². The summed E-state index contributed by atoms with van der Waals surface area (Å²) in [5, 5.41) is 21.7. The fourth-order valence-electron chi connectivity index (χ4n) is 9.46. The molecule has 9 atom stereocenters. The third-order valence-corrected chi connectivity index (χ3v) is 11.8. The standard InChI is InChI=1S/C32H47FO2/c1-5-32(35)19-18-30(3)23(20-32)9-12-25-27-14-13-26(31(27,4)17-16-28(25)30)21(2)6-15-29(34)22-7-10-24(33)11-8-22/h7-11,21,25-29,34-35H,5-6,12-20H2,1-4H3/t21-,25+,26-,27+,28+,29-,30+,31-,32+/m1/s1. The number of rotatable bonds is 6. The fourth-order valence-corrected chi connectivity index (χ4v) is 9.46. The molecule has 4 aliphatic rings. The maximum absolute atomic E-state index is 13.3. The molecular weight excluding hydrogens is 435 g/mol. The molecule has 0 spiro atoms. The van der Waals surface area contributed by atoms with Crippen LogP contribution in [0.3, 0.4) is 0 Å². The summed E-state index contributed by atoms with van der Waals surface area (Å²) in [6.45, 7) is 9.67. The highest BCUT2D eigenvalue weighted by molar-refractivity contribution is 5.27. The molecular formula is C32H47FO2. The molecule has 3 heteroatoms. The maximum atomic E-state index is 13.3. The number of hydrogen-bond acceptors (Lipinski definition) is 2. The van der Waals surface area contributed by atoms with Gasteiger partial charge >= 0.3 is 0 Å². The highest BCUT2D eigenvalue weighted by Crippen LogP contribution is 2.67. The zero-order valence-corrected chi connectivity index (χ0v) is 22.4. The average Bonchev–Trinajstić information content (AvgIpc) is 3.20. The van der Waals surface area contributed by atoms with Crippen LogP contribution in [0.5, 0.6) is 0 Å². The number of benzene rings is 1. The van der Waals surface area contributed by atoms with E-state index in [0.29, 0.717) is 11.3 Å². The second-order valence-electron chi connectivity index (χ2n) is 13.4. The molecule has 0 bridgehead atoms. The number of aliphatic hydroxyl groups is 2. The van der Waals surface area contributed by atoms with Gasteiger partial charge in [-0.3, -0.25) is 0 Å². The minimum absolute atomic E-state index is 0.248. The van der Waals surface area contributed by atoms with Crippen molar-refractivity contribution in [1.29, 1.82) is 0 Å². The van der Waals surface area contributed by atoms with Gasteiger partial charge in [-0.05, 0) is 129 Å². The van der Waals surface area contributed by atoms with E-state index in [2.05, 4.69) is 33.8 Å². The van der Waals surface area contributed by atoms with Gasteiger partial charge in [0.2, 0.25) is 0 Å². The predicted molar refractivity (Wildman–Crippen MR) is 140 cm³/mol. The summed E-state index contributed by atoms with van der Waals surface area (Å²) in [7, 11) is 0. The van der Waals surface area contributed by atoms with E-state index in [4.69, 9.17) is 0 Å². The minimum Gasteiger partial charge on any atom is -0.390 e. The van der Waals surface area contributed by atoms with Crippen molar-refractivity contribution in [2.75, 3.05) is 0 Å². The summed E-state index contributed by atoms with van der Waals surface area (Å²) in [5.74, 6) is 3.44. The van der Waals surface area contributed by atoms with Crippen LogP contribution in [0.1, 0.15) is 110 Å². The van der Waals surface area contributed by atoms with Gasteiger partial charge in [-0.1, -0.05) is 51.5 Å². The second-order valence-corrected chi connectivity index (χ2v) is 13.4. The number of fused-ring (bicyclic) bond motifs is 5. The lowest BCUT2D eigenvalue weighted by Gasteiger charge is -2.59. The molecule has 5 rings (SSSR count). The normalized spacial score (nSPS) is 42.4. The van der Waals surface area contributed by atoms with Gasteiger partial charge in [0.05, 0.1) is 11.7 Å². The Morgan fingerprint density at radius 2 is 1.74 bits per heavy atom. The number of hydrogen-bond donors (Lipinski definition) is 2. The van der Waals surface area contributed by atoms with Gasteiger partial charge in [0.1, 0.15) is 5.82 Å². The van der Waals surface area contributed by atoms with Gasteiger partial charge in [-0.2, -0.15) is 0 Å². The van der Waals surface area contributed by atoms with Gasteiger partial charge in [-0.15, -0.1) is 0 Å². The predicted octanol–water partition coefficient (Wildman–Crippen LogP) is 8.00. The first-order chi connectivity index (χ1) is 16.6. The van der Waals surface area contributed by atoms with Crippen LogP contribution in [0.15, 0.2) is 35.9 Å². The van der Waals surface area contributed by atoms with Gasteiger partial charge in [0, 0.05) is 0 Å². The molecule has 2 nitrogen and oxygen atoms in total. The highest BCUT2D eigenvalue weighted by Gasteiger charge is 2.59. The SMILES string of the molecule is CC[C@]1(O)CC[C@@]2(C)C(=CC[C@H]3[C@@H]4CC[C@H]([C@H](C)CC[C@@H](O)c5ccc(F)cc5)[C@@]4(C)CC[C@@H]32)C1. The molecule has 0 radical (unpaired) electrons. The summed E-state index contributed by atoms with van der Waals surface area (Å²) in [6, 6.07) is 6.33. The summed E-state index contributed by atoms with van der Waals surface area (Å²) >= 11 is 0. The molecule has 3 fully saturated rings. The topological polar surface area (TPSA) is 40.5 Å². The monoisotopic (exact) mass is 482 g/mol. The Morgan fingerprint density at radius 3 is 2.46 bits per heavy atom. The van der Waals surface area contributed by atoms with Gasteiger partial charge in [-0.25, -0.2) is 4.39 Å². The Kier molecular flexibility index (Phi) is 6.75. The molecule has 1 aromatic rings. The van der Waals surface area contributed by atoms with E-state index < -0.39 is 11.7 Å². The Hall–Kier alpha value is -1.19. The molecule has 2 N–H and O–H groups in total. The first-order valence-electron chi connectivity index (χ1n) is 14.4. The molecule has 4 aliphatic carbocycles. The van der Waals surface area contributed by atoms with E-state index in [1.54, 1.807) is 17.7 Å². The fraction of sp³-hybridized carbons (Fsp3) is 0.750. The van der Waals surface area contributed by atoms with Crippen LogP contribution in [-0.4, -0.2) is 15.8 Å². The van der Waals surface area contributed by atoms with Crippen molar-refractivity contribution in [1.82, 2.24) is 0 Å². The molecule has 0 heterocycles. The number of halogens is 1. The zero-order valence-electron chi connectivity index (χ0n) is 22.4. The van der Waals surface area contributed by atoms with Crippen molar-refractivity contribution in [3.8, 4) is 0 Å². The van der Waals surface area contributed by atoms with Crippen LogP contribution < -0.4 is 0 Å². The summed E-state index contributed by atoms with van der Waals surface area (Å²) in [6.07, 6.45) is 14.2. The molecule has 194 valence electrons. The number of allylic oxidation sites excluding steroid dienone is 1. The highest BCUT2D eigenvalue weighted by atomic mass is 19.1. The molecule has 3 saturated carbocycles. The minimum atomic E-state index is -0.506. The molecule has 0 aliphatic heterocycles. The summed E-state index contributed by atoms with van der Waals surface area (Å²) in [5.41, 5.74) is 2.61. The molecule has 0 saturated heterocycles. The van der Waals surface area contributed by atoms with Crippen molar-refractivity contribution in [3.63, 3.8) is 0 Å². The van der Waals surface area contributed by atoms with E-state index in [9.17, 15) is 14.6 Å². The largest absolute Gasteiger partial charge is 0.390 e.